The van der Waals surface area contributed by atoms with Gasteiger partial charge in [-0.15, -0.1) is 0 Å². The summed E-state index contributed by atoms with van der Waals surface area (Å²) in [6, 6.07) is 0. The van der Waals surface area contributed by atoms with Crippen LogP contribution >= 0.6 is 0 Å². The number of likely N-dealkylation sites (N-methyl/N-ethyl adjacent to an activating group) is 1. The molecule has 0 radical (unpaired) electrons. The van der Waals surface area contributed by atoms with Gasteiger partial charge in [-0.05, 0) is 19.9 Å². The smallest absolute Gasteiger partial charge is 0.471 e. The highest BCUT2D eigenvalue weighted by molar-refractivity contribution is 5.81. The Morgan fingerprint density at radius 1 is 1.33 bits per heavy atom. The maximum atomic E-state index is 12.9. The normalized spacial score (nSPS) is 12.7. The van der Waals surface area contributed by atoms with Crippen molar-refractivity contribution in [3.8, 4) is 17.1 Å². The Kier molecular flexibility index (Phi) is 7.06. The fraction of sp³-hybridized carbons (Fsp3) is 0.429. The molecule has 3 heterocycles. The number of hydrogen-bond donors (Lipinski definition) is 0. The first-order chi connectivity index (χ1) is 15.6. The largest absolute Gasteiger partial charge is 0.472 e. The van der Waals surface area contributed by atoms with E-state index in [0.717, 1.165) is 5.69 Å². The van der Waals surface area contributed by atoms with Crippen LogP contribution in [0, 0.1) is 0 Å². The molecule has 0 saturated heterocycles. The van der Waals surface area contributed by atoms with Gasteiger partial charge in [-0.1, -0.05) is 6.58 Å². The molecule has 0 bridgehead atoms. The minimum absolute atomic E-state index is 0.109. The number of rotatable bonds is 9. The Balaban J connectivity index is 1.98. The van der Waals surface area contributed by atoms with Crippen molar-refractivity contribution in [2.75, 3.05) is 20.2 Å². The van der Waals surface area contributed by atoms with Crippen LogP contribution in [0.1, 0.15) is 25.2 Å². The minimum Gasteiger partial charge on any atom is -0.472 e. The van der Waals surface area contributed by atoms with Crippen molar-refractivity contribution in [1.82, 2.24) is 29.0 Å². The number of carbonyl (C=O) groups is 1. The Bertz CT molecular complexity index is 1150. The highest BCUT2D eigenvalue weighted by Gasteiger charge is 2.42. The monoisotopic (exact) mass is 466 g/mol. The zero-order valence-electron chi connectivity index (χ0n) is 18.8. The van der Waals surface area contributed by atoms with Gasteiger partial charge in [0.1, 0.15) is 11.8 Å². The maximum absolute atomic E-state index is 12.9. The van der Waals surface area contributed by atoms with E-state index in [2.05, 4.69) is 21.6 Å². The molecule has 3 aromatic rings. The van der Waals surface area contributed by atoms with Gasteiger partial charge in [0.15, 0.2) is 5.65 Å². The fourth-order valence-corrected chi connectivity index (χ4v) is 3.45. The number of nitrogens with zero attached hydrogens (tertiary/aromatic N) is 6. The lowest BCUT2D eigenvalue weighted by molar-refractivity contribution is -0.186. The second-order valence-electron chi connectivity index (χ2n) is 7.34. The molecule has 9 nitrogen and oxygen atoms in total. The first-order valence-corrected chi connectivity index (χ1v) is 10.1. The van der Waals surface area contributed by atoms with Gasteiger partial charge in [-0.3, -0.25) is 14.2 Å². The number of alkyl halides is 3. The molecule has 3 aromatic heterocycles. The Hall–Kier alpha value is -3.41. The summed E-state index contributed by atoms with van der Waals surface area (Å²) in [7, 11) is 3.17. The van der Waals surface area contributed by atoms with Crippen LogP contribution in [0.15, 0.2) is 25.2 Å². The molecule has 33 heavy (non-hydrogen) atoms. The van der Waals surface area contributed by atoms with Crippen LogP contribution in [0.25, 0.3) is 23.0 Å². The lowest BCUT2D eigenvalue weighted by Crippen LogP contribution is -2.45. The summed E-state index contributed by atoms with van der Waals surface area (Å²) < 4.78 is 53.2. The summed E-state index contributed by atoms with van der Waals surface area (Å²) in [5.74, 6) is -1.62. The minimum atomic E-state index is -4.95. The molecule has 0 fully saturated rings. The SMILES string of the molecule is C=Cc1cnc2cnc(-c3c(COC)nn(C)c3O[C@@H](C)CN(CC)C(=O)C(F)(F)F)cn12. The van der Waals surface area contributed by atoms with E-state index in [-0.39, 0.29) is 25.6 Å². The first kappa shape index (κ1) is 24.2. The van der Waals surface area contributed by atoms with Crippen molar-refractivity contribution in [3.63, 3.8) is 0 Å². The molecule has 0 aliphatic carbocycles. The summed E-state index contributed by atoms with van der Waals surface area (Å²) in [5, 5.41) is 4.43. The topological polar surface area (TPSA) is 86.8 Å². The lowest BCUT2D eigenvalue weighted by Gasteiger charge is -2.26. The zero-order valence-corrected chi connectivity index (χ0v) is 18.8. The molecule has 0 aliphatic heterocycles. The first-order valence-electron chi connectivity index (χ1n) is 10.1. The van der Waals surface area contributed by atoms with Crippen LogP contribution in [0.3, 0.4) is 0 Å². The standard InChI is InChI=1S/C21H25F3N6O3/c1-6-14-8-26-17-9-25-15(11-30(14)17)18-16(12-32-5)27-28(4)19(18)33-13(3)10-29(7-2)20(31)21(22,23)24/h6,8-9,11,13H,1,7,10,12H2,2-5H3/t13-/m0/s1. The van der Waals surface area contributed by atoms with E-state index in [0.29, 0.717) is 27.5 Å². The molecular weight excluding hydrogens is 441 g/mol. The van der Waals surface area contributed by atoms with Crippen molar-refractivity contribution in [2.24, 2.45) is 7.05 Å². The fourth-order valence-electron chi connectivity index (χ4n) is 3.45. The van der Waals surface area contributed by atoms with E-state index < -0.39 is 18.2 Å². The third-order valence-corrected chi connectivity index (χ3v) is 4.94. The van der Waals surface area contributed by atoms with Gasteiger partial charge >= 0.3 is 12.1 Å². The summed E-state index contributed by atoms with van der Waals surface area (Å²) in [5.41, 5.74) is 2.94. The molecule has 0 aromatic carbocycles. The van der Waals surface area contributed by atoms with Crippen LogP contribution in [-0.2, 0) is 23.2 Å². The molecular formula is C21H25F3N6O3. The third-order valence-electron chi connectivity index (χ3n) is 4.94. The van der Waals surface area contributed by atoms with Gasteiger partial charge in [0.25, 0.3) is 0 Å². The summed E-state index contributed by atoms with van der Waals surface area (Å²) >= 11 is 0. The predicted molar refractivity (Wildman–Crippen MR) is 114 cm³/mol. The predicted octanol–water partition coefficient (Wildman–Crippen LogP) is 3.10. The Morgan fingerprint density at radius 2 is 2.06 bits per heavy atom. The number of fused-ring (bicyclic) bond motifs is 1. The molecule has 0 spiro atoms. The number of aromatic nitrogens is 5. The molecule has 0 N–H and O–H groups in total. The number of imidazole rings is 1. The second kappa shape index (κ2) is 9.61. The van der Waals surface area contributed by atoms with Crippen molar-refractivity contribution in [3.05, 3.63) is 36.6 Å². The van der Waals surface area contributed by atoms with E-state index in [1.54, 1.807) is 43.0 Å². The van der Waals surface area contributed by atoms with Crippen molar-refractivity contribution in [2.45, 2.75) is 32.7 Å². The molecule has 0 unspecified atom stereocenters. The molecule has 0 aliphatic rings. The number of carbonyl (C=O) groups excluding carboxylic acids is 1. The Morgan fingerprint density at radius 3 is 2.67 bits per heavy atom. The van der Waals surface area contributed by atoms with E-state index in [1.807, 2.05) is 0 Å². The van der Waals surface area contributed by atoms with Gasteiger partial charge in [0.05, 0.1) is 42.5 Å². The quantitative estimate of drug-likeness (QED) is 0.482. The number of amides is 1. The number of aryl methyl sites for hydroxylation is 1. The maximum Gasteiger partial charge on any atom is 0.471 e. The van der Waals surface area contributed by atoms with Gasteiger partial charge in [-0.2, -0.15) is 18.3 Å². The highest BCUT2D eigenvalue weighted by atomic mass is 19.4. The number of hydrogen-bond acceptors (Lipinski definition) is 6. The van der Waals surface area contributed by atoms with E-state index in [1.165, 1.54) is 18.7 Å². The Labute approximate surface area is 188 Å². The third kappa shape index (κ3) is 5.00. The summed E-state index contributed by atoms with van der Waals surface area (Å²) in [6.45, 7) is 6.63. The van der Waals surface area contributed by atoms with Crippen molar-refractivity contribution >= 4 is 17.6 Å². The lowest BCUT2D eigenvalue weighted by atomic mass is 10.2. The van der Waals surface area contributed by atoms with Crippen LogP contribution in [0.5, 0.6) is 5.88 Å². The van der Waals surface area contributed by atoms with E-state index >= 15 is 0 Å². The second-order valence-corrected chi connectivity index (χ2v) is 7.34. The van der Waals surface area contributed by atoms with Crippen LogP contribution in [-0.4, -0.2) is 67.4 Å². The molecule has 1 atom stereocenters. The molecule has 0 saturated carbocycles. The summed E-state index contributed by atoms with van der Waals surface area (Å²) in [4.78, 5) is 21.1. The van der Waals surface area contributed by atoms with Gasteiger partial charge in [0.2, 0.25) is 5.88 Å². The van der Waals surface area contributed by atoms with Gasteiger partial charge in [0, 0.05) is 26.9 Å². The van der Waals surface area contributed by atoms with Crippen molar-refractivity contribution < 1.29 is 27.4 Å². The zero-order chi connectivity index (χ0) is 24.3. The number of methoxy groups -OCH3 is 1. The van der Waals surface area contributed by atoms with Crippen LogP contribution < -0.4 is 4.74 Å². The van der Waals surface area contributed by atoms with Gasteiger partial charge < -0.3 is 14.4 Å². The molecule has 178 valence electrons. The average Bonchev–Trinajstić information content (AvgIpc) is 3.31. The van der Waals surface area contributed by atoms with Crippen LogP contribution in [0.2, 0.25) is 0 Å². The number of halogens is 3. The molecule has 3 rings (SSSR count). The highest BCUT2D eigenvalue weighted by Crippen LogP contribution is 2.33. The van der Waals surface area contributed by atoms with E-state index in [9.17, 15) is 18.0 Å². The van der Waals surface area contributed by atoms with Crippen LogP contribution in [0.4, 0.5) is 13.2 Å². The number of ether oxygens (including phenoxy) is 2. The molecule has 1 amide bonds. The van der Waals surface area contributed by atoms with Crippen molar-refractivity contribution in [1.29, 1.82) is 0 Å². The van der Waals surface area contributed by atoms with E-state index in [4.69, 9.17) is 9.47 Å². The van der Waals surface area contributed by atoms with Gasteiger partial charge in [-0.25, -0.2) is 9.67 Å². The molecule has 12 heteroatoms. The average molecular weight is 466 g/mol. The summed E-state index contributed by atoms with van der Waals surface area (Å²) in [6.07, 6.45) is 0.926.